The molecule has 1 N–H and O–H groups in total. The highest BCUT2D eigenvalue weighted by Crippen LogP contribution is 2.28. The third-order valence-electron chi connectivity index (χ3n) is 2.46. The Bertz CT molecular complexity index is 635. The van der Waals surface area contributed by atoms with Crippen molar-refractivity contribution in [3.8, 4) is 11.3 Å². The summed E-state index contributed by atoms with van der Waals surface area (Å²) in [5, 5.41) is 0.929. The van der Waals surface area contributed by atoms with E-state index in [2.05, 4.69) is 9.97 Å². The standard InChI is InChI=1S/C12H10Cl2N2O/c1-6-11(15-7(2)16-12(6)17)8-3-4-9(13)10(14)5-8/h3-5H,1-2H3,(H,15,16,17). The number of benzene rings is 1. The largest absolute Gasteiger partial charge is 0.311 e. The van der Waals surface area contributed by atoms with Crippen LogP contribution in [0.15, 0.2) is 23.0 Å². The highest BCUT2D eigenvalue weighted by atomic mass is 35.5. The van der Waals surface area contributed by atoms with E-state index in [4.69, 9.17) is 23.2 Å². The summed E-state index contributed by atoms with van der Waals surface area (Å²) < 4.78 is 0. The first-order valence-corrected chi connectivity index (χ1v) is 5.77. The van der Waals surface area contributed by atoms with E-state index in [1.54, 1.807) is 32.0 Å². The Balaban J connectivity index is 2.68. The summed E-state index contributed by atoms with van der Waals surface area (Å²) in [6.07, 6.45) is 0. The molecule has 0 amide bonds. The van der Waals surface area contributed by atoms with E-state index in [-0.39, 0.29) is 5.56 Å². The summed E-state index contributed by atoms with van der Waals surface area (Å²) >= 11 is 11.8. The molecule has 0 saturated heterocycles. The number of nitrogens with one attached hydrogen (secondary N) is 1. The van der Waals surface area contributed by atoms with E-state index in [1.165, 1.54) is 0 Å². The minimum absolute atomic E-state index is 0.140. The molecule has 0 fully saturated rings. The van der Waals surface area contributed by atoms with Gasteiger partial charge in [0.05, 0.1) is 15.7 Å². The maximum atomic E-state index is 11.6. The number of nitrogens with zero attached hydrogens (tertiary/aromatic N) is 1. The van der Waals surface area contributed by atoms with Gasteiger partial charge in [-0.1, -0.05) is 29.3 Å². The molecule has 0 spiro atoms. The lowest BCUT2D eigenvalue weighted by molar-refractivity contribution is 0.999. The Morgan fingerprint density at radius 2 is 1.88 bits per heavy atom. The van der Waals surface area contributed by atoms with Crippen molar-refractivity contribution in [3.05, 3.63) is 50.0 Å². The topological polar surface area (TPSA) is 45.8 Å². The van der Waals surface area contributed by atoms with E-state index in [0.717, 1.165) is 5.56 Å². The van der Waals surface area contributed by atoms with Gasteiger partial charge < -0.3 is 4.98 Å². The number of hydrogen-bond acceptors (Lipinski definition) is 2. The van der Waals surface area contributed by atoms with Gasteiger partial charge in [-0.15, -0.1) is 0 Å². The second-order valence-electron chi connectivity index (χ2n) is 3.75. The van der Waals surface area contributed by atoms with Gasteiger partial charge in [-0.3, -0.25) is 4.79 Å². The molecule has 3 nitrogen and oxygen atoms in total. The van der Waals surface area contributed by atoms with Crippen LogP contribution in [0.1, 0.15) is 11.4 Å². The first-order valence-electron chi connectivity index (χ1n) is 5.02. The normalized spacial score (nSPS) is 10.6. The van der Waals surface area contributed by atoms with Crippen LogP contribution in [0.5, 0.6) is 0 Å². The van der Waals surface area contributed by atoms with Gasteiger partial charge in [-0.05, 0) is 26.0 Å². The Hall–Kier alpha value is -1.32. The van der Waals surface area contributed by atoms with E-state index < -0.39 is 0 Å². The number of hydrogen-bond donors (Lipinski definition) is 1. The second-order valence-corrected chi connectivity index (χ2v) is 4.57. The van der Waals surface area contributed by atoms with Crippen molar-refractivity contribution in [2.45, 2.75) is 13.8 Å². The van der Waals surface area contributed by atoms with Gasteiger partial charge in [0.1, 0.15) is 5.82 Å². The lowest BCUT2D eigenvalue weighted by Gasteiger charge is -2.06. The van der Waals surface area contributed by atoms with Gasteiger partial charge >= 0.3 is 0 Å². The third-order valence-corrected chi connectivity index (χ3v) is 3.20. The van der Waals surface area contributed by atoms with Crippen LogP contribution in [0.3, 0.4) is 0 Å². The smallest absolute Gasteiger partial charge is 0.254 e. The Morgan fingerprint density at radius 3 is 2.53 bits per heavy atom. The molecule has 0 saturated carbocycles. The number of aromatic nitrogens is 2. The zero-order valence-corrected chi connectivity index (χ0v) is 10.9. The van der Waals surface area contributed by atoms with E-state index in [9.17, 15) is 4.79 Å². The van der Waals surface area contributed by atoms with Crippen LogP contribution < -0.4 is 5.56 Å². The maximum absolute atomic E-state index is 11.6. The van der Waals surface area contributed by atoms with Crippen LogP contribution in [-0.4, -0.2) is 9.97 Å². The van der Waals surface area contributed by atoms with Crippen LogP contribution >= 0.6 is 23.2 Å². The lowest BCUT2D eigenvalue weighted by Crippen LogP contribution is -2.14. The van der Waals surface area contributed by atoms with E-state index >= 15 is 0 Å². The van der Waals surface area contributed by atoms with Crippen molar-refractivity contribution in [3.63, 3.8) is 0 Å². The Morgan fingerprint density at radius 1 is 1.18 bits per heavy atom. The highest BCUT2D eigenvalue weighted by Gasteiger charge is 2.09. The van der Waals surface area contributed by atoms with Crippen molar-refractivity contribution in [2.24, 2.45) is 0 Å². The van der Waals surface area contributed by atoms with Crippen molar-refractivity contribution in [2.75, 3.05) is 0 Å². The molecule has 2 rings (SSSR count). The SMILES string of the molecule is Cc1nc(-c2ccc(Cl)c(Cl)c2)c(C)c(=O)[nH]1. The number of rotatable bonds is 1. The van der Waals surface area contributed by atoms with Crippen molar-refractivity contribution in [1.82, 2.24) is 9.97 Å². The molecule has 1 heterocycles. The average Bonchev–Trinajstić information content (AvgIpc) is 2.27. The molecule has 0 radical (unpaired) electrons. The zero-order valence-electron chi connectivity index (χ0n) is 9.34. The maximum Gasteiger partial charge on any atom is 0.254 e. The molecule has 88 valence electrons. The van der Waals surface area contributed by atoms with Crippen LogP contribution in [0, 0.1) is 13.8 Å². The fraction of sp³-hybridized carbons (Fsp3) is 0.167. The summed E-state index contributed by atoms with van der Waals surface area (Å²) in [6.45, 7) is 3.46. The van der Waals surface area contributed by atoms with Crippen molar-refractivity contribution < 1.29 is 0 Å². The van der Waals surface area contributed by atoms with E-state index in [1.807, 2.05) is 0 Å². The molecule has 2 aromatic rings. The summed E-state index contributed by atoms with van der Waals surface area (Å²) in [5.41, 5.74) is 1.84. The molecule has 1 aromatic carbocycles. The van der Waals surface area contributed by atoms with Crippen LogP contribution in [-0.2, 0) is 0 Å². The van der Waals surface area contributed by atoms with Crippen molar-refractivity contribution in [1.29, 1.82) is 0 Å². The third kappa shape index (κ3) is 2.35. The Kier molecular flexibility index (Phi) is 3.22. The van der Waals surface area contributed by atoms with Gasteiger partial charge in [-0.25, -0.2) is 4.98 Å². The molecular formula is C12H10Cl2N2O. The number of aromatic amines is 1. The summed E-state index contributed by atoms with van der Waals surface area (Å²) in [7, 11) is 0. The van der Waals surface area contributed by atoms with Crippen LogP contribution in [0.2, 0.25) is 10.0 Å². The molecule has 17 heavy (non-hydrogen) atoms. The zero-order chi connectivity index (χ0) is 12.6. The van der Waals surface area contributed by atoms with E-state index in [0.29, 0.717) is 27.1 Å². The first-order chi connectivity index (χ1) is 7.99. The quantitative estimate of drug-likeness (QED) is 0.862. The molecule has 0 bridgehead atoms. The summed E-state index contributed by atoms with van der Waals surface area (Å²) in [4.78, 5) is 18.6. The number of aryl methyl sites for hydroxylation is 1. The predicted molar refractivity (Wildman–Crippen MR) is 69.8 cm³/mol. The fourth-order valence-electron chi connectivity index (χ4n) is 1.57. The molecule has 0 unspecified atom stereocenters. The van der Waals surface area contributed by atoms with Crippen LogP contribution in [0.25, 0.3) is 11.3 Å². The molecule has 0 aliphatic heterocycles. The molecule has 1 aromatic heterocycles. The molecule has 0 aliphatic rings. The van der Waals surface area contributed by atoms with Crippen molar-refractivity contribution >= 4 is 23.2 Å². The van der Waals surface area contributed by atoms with Gasteiger partial charge in [-0.2, -0.15) is 0 Å². The molecule has 0 atom stereocenters. The minimum atomic E-state index is -0.140. The lowest BCUT2D eigenvalue weighted by atomic mass is 10.1. The summed E-state index contributed by atoms with van der Waals surface area (Å²) in [5.74, 6) is 0.571. The van der Waals surface area contributed by atoms with Gasteiger partial charge in [0, 0.05) is 11.1 Å². The van der Waals surface area contributed by atoms with Gasteiger partial charge in [0.25, 0.3) is 5.56 Å². The highest BCUT2D eigenvalue weighted by molar-refractivity contribution is 6.42. The first kappa shape index (κ1) is 12.1. The van der Waals surface area contributed by atoms with Crippen LogP contribution in [0.4, 0.5) is 0 Å². The fourth-order valence-corrected chi connectivity index (χ4v) is 1.87. The Labute approximate surface area is 108 Å². The minimum Gasteiger partial charge on any atom is -0.311 e. The number of H-pyrrole nitrogens is 1. The second kappa shape index (κ2) is 4.51. The average molecular weight is 269 g/mol. The van der Waals surface area contributed by atoms with Gasteiger partial charge in [0.2, 0.25) is 0 Å². The molecular weight excluding hydrogens is 259 g/mol. The summed E-state index contributed by atoms with van der Waals surface area (Å²) in [6, 6.07) is 5.19. The monoisotopic (exact) mass is 268 g/mol. The van der Waals surface area contributed by atoms with Gasteiger partial charge in [0.15, 0.2) is 0 Å². The molecule has 5 heteroatoms. The predicted octanol–water partition coefficient (Wildman–Crippen LogP) is 3.36. The molecule has 0 aliphatic carbocycles. The number of halogens is 2.